The number of hydrogen-bond donors (Lipinski definition) is 1. The number of methoxy groups -OCH3 is 1. The van der Waals surface area contributed by atoms with Crippen LogP contribution in [0.1, 0.15) is 18.1 Å². The molecule has 0 aliphatic heterocycles. The molecule has 1 aromatic heterocycles. The molecular weight excluding hydrogens is 398 g/mol. The van der Waals surface area contributed by atoms with Crippen molar-refractivity contribution in [2.45, 2.75) is 30.8 Å². The van der Waals surface area contributed by atoms with E-state index in [-0.39, 0.29) is 5.91 Å². The minimum atomic E-state index is -0.416. The van der Waals surface area contributed by atoms with Crippen LogP contribution in [0.4, 0.5) is 5.69 Å². The van der Waals surface area contributed by atoms with Crippen LogP contribution in [0.2, 0.25) is 5.02 Å². The predicted molar refractivity (Wildman–Crippen MR) is 110 cm³/mol. The van der Waals surface area contributed by atoms with Gasteiger partial charge >= 0.3 is 0 Å². The van der Waals surface area contributed by atoms with E-state index < -0.39 is 5.25 Å². The number of nitrogens with zero attached hydrogens (tertiary/aromatic N) is 4. The summed E-state index contributed by atoms with van der Waals surface area (Å²) in [6.45, 7) is 4.21. The first-order valence-electron chi connectivity index (χ1n) is 8.59. The molecule has 28 heavy (non-hydrogen) atoms. The van der Waals surface area contributed by atoms with Crippen LogP contribution in [0.3, 0.4) is 0 Å². The first-order valence-corrected chi connectivity index (χ1v) is 9.85. The lowest BCUT2D eigenvalue weighted by molar-refractivity contribution is -0.115. The molecule has 146 valence electrons. The highest BCUT2D eigenvalue weighted by atomic mass is 35.5. The molecule has 1 heterocycles. The first-order chi connectivity index (χ1) is 13.5. The summed E-state index contributed by atoms with van der Waals surface area (Å²) in [5.41, 5.74) is 2.51. The van der Waals surface area contributed by atoms with Gasteiger partial charge in [-0.25, -0.2) is 4.68 Å². The van der Waals surface area contributed by atoms with Gasteiger partial charge in [0, 0.05) is 11.1 Å². The third kappa shape index (κ3) is 4.82. The van der Waals surface area contributed by atoms with Gasteiger partial charge in [0.15, 0.2) is 0 Å². The number of tetrazole rings is 1. The van der Waals surface area contributed by atoms with Gasteiger partial charge in [-0.15, -0.1) is 5.10 Å². The standard InChI is InChI=1S/C19H20ClN5O2S/c1-12-9-16(17(27-3)10-15(12)20)21-18(26)13(2)28-19-22-23-24-25(19)11-14-7-5-4-6-8-14/h4-10,13H,11H2,1-3H3,(H,21,26). The second-order valence-corrected chi connectivity index (χ2v) is 7.87. The Morgan fingerprint density at radius 3 is 2.79 bits per heavy atom. The van der Waals surface area contributed by atoms with Crippen LogP contribution in [0.15, 0.2) is 47.6 Å². The molecule has 1 unspecified atom stereocenters. The number of halogens is 1. The van der Waals surface area contributed by atoms with E-state index in [1.807, 2.05) is 37.3 Å². The second-order valence-electron chi connectivity index (χ2n) is 6.16. The molecule has 1 N–H and O–H groups in total. The van der Waals surface area contributed by atoms with Crippen molar-refractivity contribution in [1.29, 1.82) is 0 Å². The minimum Gasteiger partial charge on any atom is -0.495 e. The van der Waals surface area contributed by atoms with E-state index in [4.69, 9.17) is 16.3 Å². The molecular formula is C19H20ClN5O2S. The number of thioether (sulfide) groups is 1. The van der Waals surface area contributed by atoms with Crippen molar-refractivity contribution in [2.75, 3.05) is 12.4 Å². The van der Waals surface area contributed by atoms with Gasteiger partial charge in [-0.3, -0.25) is 4.79 Å². The number of amides is 1. The number of benzene rings is 2. The molecule has 7 nitrogen and oxygen atoms in total. The van der Waals surface area contributed by atoms with Crippen LogP contribution < -0.4 is 10.1 Å². The van der Waals surface area contributed by atoms with Gasteiger partial charge < -0.3 is 10.1 Å². The number of anilines is 1. The molecule has 2 aromatic carbocycles. The number of nitrogens with one attached hydrogen (secondary N) is 1. The molecule has 0 bridgehead atoms. The van der Waals surface area contributed by atoms with E-state index in [2.05, 4.69) is 20.8 Å². The van der Waals surface area contributed by atoms with Crippen LogP contribution >= 0.6 is 23.4 Å². The Morgan fingerprint density at radius 1 is 1.32 bits per heavy atom. The summed E-state index contributed by atoms with van der Waals surface area (Å²) in [6.07, 6.45) is 0. The van der Waals surface area contributed by atoms with Gasteiger partial charge in [-0.05, 0) is 41.5 Å². The predicted octanol–water partition coefficient (Wildman–Crippen LogP) is 3.81. The number of aromatic nitrogens is 4. The van der Waals surface area contributed by atoms with Gasteiger partial charge in [0.25, 0.3) is 0 Å². The summed E-state index contributed by atoms with van der Waals surface area (Å²) < 4.78 is 6.99. The fourth-order valence-electron chi connectivity index (χ4n) is 2.51. The zero-order chi connectivity index (χ0) is 20.1. The van der Waals surface area contributed by atoms with Gasteiger partial charge in [0.2, 0.25) is 11.1 Å². The van der Waals surface area contributed by atoms with E-state index in [0.717, 1.165) is 11.1 Å². The summed E-state index contributed by atoms with van der Waals surface area (Å²) in [5.74, 6) is 0.328. The number of carbonyl (C=O) groups is 1. The number of carbonyl (C=O) groups excluding carboxylic acids is 1. The van der Waals surface area contributed by atoms with E-state index in [0.29, 0.717) is 28.2 Å². The van der Waals surface area contributed by atoms with Gasteiger partial charge in [-0.1, -0.05) is 53.7 Å². The second kappa shape index (κ2) is 9.07. The largest absolute Gasteiger partial charge is 0.495 e. The first kappa shape index (κ1) is 20.2. The molecule has 0 fully saturated rings. The molecule has 0 saturated carbocycles. The lowest BCUT2D eigenvalue weighted by atomic mass is 10.2. The van der Waals surface area contributed by atoms with E-state index in [9.17, 15) is 4.79 Å². The summed E-state index contributed by atoms with van der Waals surface area (Å²) in [7, 11) is 1.53. The maximum atomic E-state index is 12.7. The number of aryl methyl sites for hydroxylation is 1. The molecule has 1 amide bonds. The van der Waals surface area contributed by atoms with Crippen molar-refractivity contribution in [3.8, 4) is 5.75 Å². The van der Waals surface area contributed by atoms with E-state index in [1.54, 1.807) is 23.7 Å². The van der Waals surface area contributed by atoms with Crippen LogP contribution in [0, 0.1) is 6.92 Å². The van der Waals surface area contributed by atoms with Crippen LogP contribution in [-0.4, -0.2) is 38.5 Å². The maximum absolute atomic E-state index is 12.7. The third-order valence-corrected chi connectivity index (χ3v) is 5.54. The monoisotopic (exact) mass is 417 g/mol. The molecule has 0 aliphatic carbocycles. The number of rotatable bonds is 7. The average molecular weight is 418 g/mol. The fourth-order valence-corrected chi connectivity index (χ4v) is 3.45. The highest BCUT2D eigenvalue weighted by Gasteiger charge is 2.20. The Hall–Kier alpha value is -2.58. The summed E-state index contributed by atoms with van der Waals surface area (Å²) >= 11 is 7.41. The molecule has 1 atom stereocenters. The van der Waals surface area contributed by atoms with Gasteiger partial charge in [0.1, 0.15) is 5.75 Å². The summed E-state index contributed by atoms with van der Waals surface area (Å²) in [4.78, 5) is 12.7. The molecule has 9 heteroatoms. The van der Waals surface area contributed by atoms with Crippen LogP contribution in [0.25, 0.3) is 0 Å². The topological polar surface area (TPSA) is 81.9 Å². The third-order valence-electron chi connectivity index (χ3n) is 4.06. The number of ether oxygens (including phenoxy) is 1. The fraction of sp³-hybridized carbons (Fsp3) is 0.263. The summed E-state index contributed by atoms with van der Waals surface area (Å²) in [6, 6.07) is 13.4. The molecule has 0 aliphatic rings. The molecule has 0 saturated heterocycles. The van der Waals surface area contributed by atoms with Gasteiger partial charge in [-0.2, -0.15) is 0 Å². The molecule has 3 aromatic rings. The van der Waals surface area contributed by atoms with Crippen molar-refractivity contribution >= 4 is 35.0 Å². The van der Waals surface area contributed by atoms with E-state index >= 15 is 0 Å². The zero-order valence-corrected chi connectivity index (χ0v) is 17.3. The Morgan fingerprint density at radius 2 is 2.07 bits per heavy atom. The maximum Gasteiger partial charge on any atom is 0.237 e. The van der Waals surface area contributed by atoms with Crippen molar-refractivity contribution in [1.82, 2.24) is 20.2 Å². The van der Waals surface area contributed by atoms with Gasteiger partial charge in [0.05, 0.1) is 24.6 Å². The Labute approximate surface area is 172 Å². The van der Waals surface area contributed by atoms with Crippen molar-refractivity contribution in [3.05, 3.63) is 58.6 Å². The highest BCUT2D eigenvalue weighted by molar-refractivity contribution is 8.00. The zero-order valence-electron chi connectivity index (χ0n) is 15.7. The normalized spacial score (nSPS) is 11.9. The van der Waals surface area contributed by atoms with Crippen molar-refractivity contribution in [3.63, 3.8) is 0 Å². The van der Waals surface area contributed by atoms with Crippen molar-refractivity contribution < 1.29 is 9.53 Å². The molecule has 0 spiro atoms. The highest BCUT2D eigenvalue weighted by Crippen LogP contribution is 2.32. The Kier molecular flexibility index (Phi) is 6.53. The average Bonchev–Trinajstić information content (AvgIpc) is 3.11. The Bertz CT molecular complexity index is 964. The number of hydrogen-bond acceptors (Lipinski definition) is 6. The minimum absolute atomic E-state index is 0.181. The molecule has 0 radical (unpaired) electrons. The van der Waals surface area contributed by atoms with Crippen LogP contribution in [0.5, 0.6) is 5.75 Å². The smallest absolute Gasteiger partial charge is 0.237 e. The van der Waals surface area contributed by atoms with Crippen LogP contribution in [-0.2, 0) is 11.3 Å². The summed E-state index contributed by atoms with van der Waals surface area (Å²) in [5, 5.41) is 15.4. The SMILES string of the molecule is COc1cc(Cl)c(C)cc1NC(=O)C(C)Sc1nnnn1Cc1ccccc1. The Balaban J connectivity index is 1.69. The van der Waals surface area contributed by atoms with E-state index in [1.165, 1.54) is 18.9 Å². The lowest BCUT2D eigenvalue weighted by Gasteiger charge is -2.15. The molecule has 3 rings (SSSR count). The van der Waals surface area contributed by atoms with Crippen molar-refractivity contribution in [2.24, 2.45) is 0 Å². The quantitative estimate of drug-likeness (QED) is 0.588. The lowest BCUT2D eigenvalue weighted by Crippen LogP contribution is -2.23.